The lowest BCUT2D eigenvalue weighted by Crippen LogP contribution is -2.18. The number of amides is 1. The van der Waals surface area contributed by atoms with Gasteiger partial charge in [-0.05, 0) is 53.8 Å². The van der Waals surface area contributed by atoms with Crippen LogP contribution >= 0.6 is 0 Å². The van der Waals surface area contributed by atoms with Crippen LogP contribution in [0.4, 0.5) is 5.69 Å². The molecule has 0 bridgehead atoms. The van der Waals surface area contributed by atoms with E-state index in [1.54, 1.807) is 4.52 Å². The third kappa shape index (κ3) is 3.63. The summed E-state index contributed by atoms with van der Waals surface area (Å²) in [5, 5.41) is 18.8. The van der Waals surface area contributed by atoms with Gasteiger partial charge in [-0.15, -0.1) is 10.2 Å². The van der Waals surface area contributed by atoms with Gasteiger partial charge >= 0.3 is 0 Å². The zero-order valence-electron chi connectivity index (χ0n) is 19.0. The number of aromatic nitrogens is 4. The molecule has 6 heteroatoms. The maximum absolute atomic E-state index is 13.0. The van der Waals surface area contributed by atoms with Crippen LogP contribution in [0.5, 0.6) is 0 Å². The van der Waals surface area contributed by atoms with Crippen molar-refractivity contribution in [1.82, 2.24) is 19.8 Å². The minimum atomic E-state index is -0.300. The minimum absolute atomic E-state index is 0.261. The summed E-state index contributed by atoms with van der Waals surface area (Å²) in [6, 6.07) is 22.3. The highest BCUT2D eigenvalue weighted by Gasteiger charge is 2.22. The number of carbonyl (C=O) groups is 1. The number of benzene rings is 3. The summed E-state index contributed by atoms with van der Waals surface area (Å²) in [6.45, 7) is 6.03. The minimum Gasteiger partial charge on any atom is -0.321 e. The number of nitrogens with one attached hydrogen (secondary N) is 1. The molecule has 0 radical (unpaired) electrons. The molecule has 1 amide bonds. The monoisotopic (exact) mass is 435 g/mol. The Morgan fingerprint density at radius 1 is 0.909 bits per heavy atom. The molecule has 5 aromatic rings. The van der Waals surface area contributed by atoms with E-state index in [-0.39, 0.29) is 11.6 Å². The molecule has 0 aliphatic carbocycles. The number of carbonyl (C=O) groups excluding carboxylic acids is 1. The molecule has 5 rings (SSSR count). The third-order valence-corrected chi connectivity index (χ3v) is 6.07. The van der Waals surface area contributed by atoms with E-state index in [0.29, 0.717) is 11.3 Å². The van der Waals surface area contributed by atoms with Gasteiger partial charge in [-0.3, -0.25) is 4.79 Å². The Morgan fingerprint density at radius 3 is 2.42 bits per heavy atom. The van der Waals surface area contributed by atoms with Crippen LogP contribution in [0.2, 0.25) is 0 Å². The summed E-state index contributed by atoms with van der Waals surface area (Å²) < 4.78 is 1.75. The van der Waals surface area contributed by atoms with Gasteiger partial charge in [0.15, 0.2) is 11.3 Å². The quantitative estimate of drug-likeness (QED) is 0.388. The van der Waals surface area contributed by atoms with Gasteiger partial charge in [0.2, 0.25) is 0 Å². The fraction of sp³-hybridized carbons (Fsp3) is 0.185. The molecule has 6 nitrogen and oxygen atoms in total. The number of aryl methyl sites for hydroxylation is 3. The zero-order chi connectivity index (χ0) is 22.9. The summed E-state index contributed by atoms with van der Waals surface area (Å²) in [6.07, 6.45) is 1.69. The maximum Gasteiger partial charge on any atom is 0.278 e. The lowest BCUT2D eigenvalue weighted by Gasteiger charge is -2.09. The van der Waals surface area contributed by atoms with Crippen molar-refractivity contribution >= 4 is 28.0 Å². The predicted molar refractivity (Wildman–Crippen MR) is 132 cm³/mol. The number of anilines is 1. The Morgan fingerprint density at radius 2 is 1.67 bits per heavy atom. The van der Waals surface area contributed by atoms with E-state index in [1.807, 2.05) is 49.4 Å². The number of fused-ring (bicyclic) bond motifs is 2. The molecule has 33 heavy (non-hydrogen) atoms. The van der Waals surface area contributed by atoms with Crippen LogP contribution in [0, 0.1) is 6.92 Å². The molecule has 0 atom stereocenters. The Hall–Kier alpha value is -4.06. The standard InChI is InChI=1S/C27H25N5O/c1-4-18-13-15-20(16-14-18)28-27(33)25-17(3)32-26(30-29-25)24(23(5-2)31-32)22-12-8-10-19-9-6-7-11-21(19)22/h6-16H,4-5H2,1-3H3,(H,28,33). The van der Waals surface area contributed by atoms with Crippen LogP contribution < -0.4 is 5.32 Å². The Labute approximate surface area is 192 Å². The van der Waals surface area contributed by atoms with E-state index in [1.165, 1.54) is 5.56 Å². The second kappa shape index (κ2) is 8.47. The average Bonchev–Trinajstić information content (AvgIpc) is 3.23. The molecular formula is C27H25N5O. The normalized spacial score (nSPS) is 11.2. The van der Waals surface area contributed by atoms with Crippen molar-refractivity contribution in [2.45, 2.75) is 33.6 Å². The highest BCUT2D eigenvalue weighted by Crippen LogP contribution is 2.34. The van der Waals surface area contributed by atoms with E-state index < -0.39 is 0 Å². The van der Waals surface area contributed by atoms with Crippen LogP contribution in [0.1, 0.15) is 41.3 Å². The Balaban J connectivity index is 1.60. The van der Waals surface area contributed by atoms with Gasteiger partial charge in [0, 0.05) is 5.69 Å². The molecule has 2 aromatic heterocycles. The molecule has 0 fully saturated rings. The predicted octanol–water partition coefficient (Wildman–Crippen LogP) is 5.63. The van der Waals surface area contributed by atoms with E-state index in [9.17, 15) is 4.79 Å². The smallest absolute Gasteiger partial charge is 0.278 e. The topological polar surface area (TPSA) is 72.2 Å². The molecule has 1 N–H and O–H groups in total. The van der Waals surface area contributed by atoms with Gasteiger partial charge in [-0.25, -0.2) is 4.52 Å². The van der Waals surface area contributed by atoms with Gasteiger partial charge in [-0.1, -0.05) is 68.4 Å². The van der Waals surface area contributed by atoms with Crippen molar-refractivity contribution in [2.75, 3.05) is 5.32 Å². The van der Waals surface area contributed by atoms with Crippen molar-refractivity contribution in [3.05, 3.63) is 89.4 Å². The first-order valence-corrected chi connectivity index (χ1v) is 11.2. The summed E-state index contributed by atoms with van der Waals surface area (Å²) in [5.41, 5.74) is 6.48. The average molecular weight is 436 g/mol. The van der Waals surface area contributed by atoms with Gasteiger partial charge in [0.25, 0.3) is 5.91 Å². The molecule has 2 heterocycles. The van der Waals surface area contributed by atoms with Crippen molar-refractivity contribution in [2.24, 2.45) is 0 Å². The van der Waals surface area contributed by atoms with Crippen LogP contribution in [-0.2, 0) is 12.8 Å². The van der Waals surface area contributed by atoms with Crippen LogP contribution in [-0.4, -0.2) is 25.7 Å². The first-order valence-electron chi connectivity index (χ1n) is 11.2. The van der Waals surface area contributed by atoms with Crippen molar-refractivity contribution < 1.29 is 4.79 Å². The zero-order valence-corrected chi connectivity index (χ0v) is 19.0. The number of rotatable bonds is 5. The molecule has 3 aromatic carbocycles. The fourth-order valence-electron chi connectivity index (χ4n) is 4.24. The molecule has 0 saturated heterocycles. The first-order chi connectivity index (χ1) is 16.1. The molecular weight excluding hydrogens is 410 g/mol. The van der Waals surface area contributed by atoms with Crippen LogP contribution in [0.3, 0.4) is 0 Å². The lowest BCUT2D eigenvalue weighted by atomic mass is 9.97. The molecule has 0 spiro atoms. The largest absolute Gasteiger partial charge is 0.321 e. The SMILES string of the molecule is CCc1ccc(NC(=O)c2nnc3c(-c4cccc5ccccc45)c(CC)nn3c2C)cc1. The van der Waals surface area contributed by atoms with Gasteiger partial charge in [-0.2, -0.15) is 5.10 Å². The van der Waals surface area contributed by atoms with E-state index in [4.69, 9.17) is 5.10 Å². The summed E-state index contributed by atoms with van der Waals surface area (Å²) >= 11 is 0. The maximum atomic E-state index is 13.0. The van der Waals surface area contributed by atoms with Crippen molar-refractivity contribution in [3.63, 3.8) is 0 Å². The molecule has 164 valence electrons. The summed E-state index contributed by atoms with van der Waals surface area (Å²) in [7, 11) is 0. The molecule has 0 saturated carbocycles. The van der Waals surface area contributed by atoms with Crippen LogP contribution in [0.25, 0.3) is 27.5 Å². The molecule has 0 aliphatic heterocycles. The van der Waals surface area contributed by atoms with Crippen molar-refractivity contribution in [3.8, 4) is 11.1 Å². The summed E-state index contributed by atoms with van der Waals surface area (Å²) in [4.78, 5) is 13.0. The van der Waals surface area contributed by atoms with Gasteiger partial charge in [0.1, 0.15) is 0 Å². The Kier molecular flexibility index (Phi) is 5.34. The molecule has 0 aliphatic rings. The van der Waals surface area contributed by atoms with Gasteiger partial charge < -0.3 is 5.32 Å². The highest BCUT2D eigenvalue weighted by molar-refractivity contribution is 6.04. The first kappa shape index (κ1) is 20.8. The number of hydrogen-bond acceptors (Lipinski definition) is 4. The molecule has 0 unspecified atom stereocenters. The second-order valence-electron chi connectivity index (χ2n) is 8.08. The van der Waals surface area contributed by atoms with Crippen LogP contribution in [0.15, 0.2) is 66.7 Å². The van der Waals surface area contributed by atoms with E-state index in [2.05, 4.69) is 53.6 Å². The lowest BCUT2D eigenvalue weighted by molar-refractivity contribution is 0.102. The van der Waals surface area contributed by atoms with E-state index in [0.717, 1.165) is 46.1 Å². The third-order valence-electron chi connectivity index (χ3n) is 6.07. The Bertz CT molecular complexity index is 1480. The van der Waals surface area contributed by atoms with Gasteiger partial charge in [0.05, 0.1) is 17.0 Å². The number of nitrogens with zero attached hydrogens (tertiary/aromatic N) is 4. The summed E-state index contributed by atoms with van der Waals surface area (Å²) in [5.74, 6) is -0.300. The van der Waals surface area contributed by atoms with Crippen molar-refractivity contribution in [1.29, 1.82) is 0 Å². The van der Waals surface area contributed by atoms with E-state index >= 15 is 0 Å². The second-order valence-corrected chi connectivity index (χ2v) is 8.08. The number of hydrogen-bond donors (Lipinski definition) is 1. The highest BCUT2D eigenvalue weighted by atomic mass is 16.2. The fourth-order valence-corrected chi connectivity index (χ4v) is 4.24.